The van der Waals surface area contributed by atoms with Crippen molar-refractivity contribution >= 4 is 5.97 Å². The van der Waals surface area contributed by atoms with Crippen LogP contribution in [0.15, 0.2) is 11.0 Å². The van der Waals surface area contributed by atoms with E-state index in [1.165, 1.54) is 6.07 Å². The van der Waals surface area contributed by atoms with Gasteiger partial charge in [0.1, 0.15) is 11.6 Å². The van der Waals surface area contributed by atoms with E-state index in [0.29, 0.717) is 6.20 Å². The van der Waals surface area contributed by atoms with Crippen molar-refractivity contribution in [3.63, 3.8) is 0 Å². The molecule has 0 saturated carbocycles. The smallest absolute Gasteiger partial charge is 0.337 e. The van der Waals surface area contributed by atoms with Crippen LogP contribution >= 0.6 is 0 Å². The third-order valence-corrected chi connectivity index (χ3v) is 1.69. The largest absolute Gasteiger partial charge is 0.478 e. The normalized spacial score (nSPS) is 10.0. The Balaban J connectivity index is 3.66. The monoisotopic (exact) mass is 214 g/mol. The number of aromatic carboxylic acids is 1. The Morgan fingerprint density at radius 3 is 2.60 bits per heavy atom. The van der Waals surface area contributed by atoms with Gasteiger partial charge in [-0.3, -0.25) is 4.79 Å². The van der Waals surface area contributed by atoms with Crippen molar-refractivity contribution in [2.75, 3.05) is 0 Å². The van der Waals surface area contributed by atoms with E-state index in [0.717, 1.165) is 0 Å². The molecular formula is C8H4F2N2O3. The summed E-state index contributed by atoms with van der Waals surface area (Å²) in [6.45, 7) is 0. The molecule has 0 unspecified atom stereocenters. The number of nitrogens with zero attached hydrogens (tertiary/aromatic N) is 1. The van der Waals surface area contributed by atoms with Crippen molar-refractivity contribution in [1.82, 2.24) is 4.98 Å². The molecule has 15 heavy (non-hydrogen) atoms. The summed E-state index contributed by atoms with van der Waals surface area (Å²) in [5.74, 6) is -1.73. The molecule has 5 nitrogen and oxygen atoms in total. The molecule has 0 atom stereocenters. The molecule has 0 aromatic carbocycles. The van der Waals surface area contributed by atoms with Gasteiger partial charge >= 0.3 is 5.97 Å². The molecule has 2 N–H and O–H groups in total. The number of aromatic nitrogens is 1. The molecule has 0 aliphatic heterocycles. The van der Waals surface area contributed by atoms with Crippen LogP contribution in [0, 0.1) is 11.3 Å². The van der Waals surface area contributed by atoms with Gasteiger partial charge < -0.3 is 10.1 Å². The molecule has 0 amide bonds. The molecule has 0 saturated heterocycles. The van der Waals surface area contributed by atoms with Crippen LogP contribution in [0.2, 0.25) is 0 Å². The van der Waals surface area contributed by atoms with Crippen molar-refractivity contribution in [3.8, 4) is 6.07 Å². The van der Waals surface area contributed by atoms with Crippen LogP contribution in [-0.2, 0) is 0 Å². The van der Waals surface area contributed by atoms with Gasteiger partial charge in [0, 0.05) is 11.8 Å². The van der Waals surface area contributed by atoms with Crippen molar-refractivity contribution in [2.24, 2.45) is 0 Å². The number of halogens is 2. The topological polar surface area (TPSA) is 93.9 Å². The van der Waals surface area contributed by atoms with Crippen LogP contribution in [0.1, 0.15) is 27.9 Å². The van der Waals surface area contributed by atoms with Crippen LogP contribution in [-0.4, -0.2) is 16.1 Å². The van der Waals surface area contributed by atoms with Gasteiger partial charge in [0.05, 0.1) is 5.56 Å². The zero-order chi connectivity index (χ0) is 11.6. The number of nitrogens with one attached hydrogen (secondary N) is 1. The maximum Gasteiger partial charge on any atom is 0.337 e. The van der Waals surface area contributed by atoms with Gasteiger partial charge in [-0.15, -0.1) is 0 Å². The molecule has 0 fully saturated rings. The van der Waals surface area contributed by atoms with Gasteiger partial charge in [-0.1, -0.05) is 0 Å². The lowest BCUT2D eigenvalue weighted by atomic mass is 10.1. The first-order valence-corrected chi connectivity index (χ1v) is 3.66. The molecule has 7 heteroatoms. The first kappa shape index (κ1) is 10.8. The minimum Gasteiger partial charge on any atom is -0.478 e. The Labute approximate surface area is 81.6 Å². The van der Waals surface area contributed by atoms with Crippen LogP contribution in [0.25, 0.3) is 0 Å². The Bertz CT molecular complexity index is 502. The number of carboxylic acid groups (broad SMARTS) is 1. The summed E-state index contributed by atoms with van der Waals surface area (Å²) in [5.41, 5.74) is -3.64. The van der Waals surface area contributed by atoms with E-state index in [1.54, 1.807) is 0 Å². The van der Waals surface area contributed by atoms with E-state index in [4.69, 9.17) is 10.4 Å². The number of hydrogen-bond donors (Lipinski definition) is 2. The summed E-state index contributed by atoms with van der Waals surface area (Å²) >= 11 is 0. The molecule has 0 radical (unpaired) electrons. The molecule has 0 spiro atoms. The Hall–Kier alpha value is -2.23. The summed E-state index contributed by atoms with van der Waals surface area (Å²) in [7, 11) is 0. The summed E-state index contributed by atoms with van der Waals surface area (Å²) in [6.07, 6.45) is -2.47. The number of aromatic amines is 1. The summed E-state index contributed by atoms with van der Waals surface area (Å²) in [5, 5.41) is 17.1. The highest BCUT2D eigenvalue weighted by molar-refractivity contribution is 5.92. The van der Waals surface area contributed by atoms with Gasteiger partial charge in [0.15, 0.2) is 0 Å². The van der Waals surface area contributed by atoms with E-state index in [2.05, 4.69) is 0 Å². The highest BCUT2D eigenvalue weighted by Gasteiger charge is 2.23. The van der Waals surface area contributed by atoms with Gasteiger partial charge in [-0.2, -0.15) is 5.26 Å². The van der Waals surface area contributed by atoms with E-state index in [9.17, 15) is 18.4 Å². The van der Waals surface area contributed by atoms with E-state index < -0.39 is 34.6 Å². The number of H-pyrrole nitrogens is 1. The molecule has 0 aliphatic carbocycles. The highest BCUT2D eigenvalue weighted by atomic mass is 19.3. The third kappa shape index (κ3) is 1.83. The molecular weight excluding hydrogens is 210 g/mol. The SMILES string of the molecule is N#Cc1c(C(=O)O)c(C(F)F)c[nH]c1=O. The predicted molar refractivity (Wildman–Crippen MR) is 43.7 cm³/mol. The molecule has 1 aromatic rings. The maximum atomic E-state index is 12.3. The molecule has 78 valence electrons. The number of nitriles is 1. The highest BCUT2D eigenvalue weighted by Crippen LogP contribution is 2.22. The first-order chi connectivity index (χ1) is 6.99. The quantitative estimate of drug-likeness (QED) is 0.764. The van der Waals surface area contributed by atoms with Crippen molar-refractivity contribution in [3.05, 3.63) is 33.2 Å². The maximum absolute atomic E-state index is 12.3. The molecule has 1 heterocycles. The zero-order valence-corrected chi connectivity index (χ0v) is 7.12. The Morgan fingerprint density at radius 1 is 1.60 bits per heavy atom. The van der Waals surface area contributed by atoms with Crippen LogP contribution in [0.3, 0.4) is 0 Å². The second-order valence-corrected chi connectivity index (χ2v) is 2.54. The van der Waals surface area contributed by atoms with E-state index in [1.807, 2.05) is 4.98 Å². The van der Waals surface area contributed by atoms with Crippen molar-refractivity contribution < 1.29 is 18.7 Å². The van der Waals surface area contributed by atoms with Crippen LogP contribution in [0.4, 0.5) is 8.78 Å². The van der Waals surface area contributed by atoms with E-state index >= 15 is 0 Å². The zero-order valence-electron chi connectivity index (χ0n) is 7.12. The lowest BCUT2D eigenvalue weighted by Gasteiger charge is -2.04. The Kier molecular flexibility index (Phi) is 2.80. The minimum absolute atomic E-state index is 0.595. The first-order valence-electron chi connectivity index (χ1n) is 3.66. The van der Waals surface area contributed by atoms with Gasteiger partial charge in [0.2, 0.25) is 0 Å². The van der Waals surface area contributed by atoms with E-state index in [-0.39, 0.29) is 0 Å². The summed E-state index contributed by atoms with van der Waals surface area (Å²) < 4.78 is 24.7. The molecule has 0 aliphatic rings. The van der Waals surface area contributed by atoms with Crippen molar-refractivity contribution in [1.29, 1.82) is 5.26 Å². The number of rotatable bonds is 2. The predicted octanol–water partition coefficient (Wildman–Crippen LogP) is 0.882. The molecule has 1 aromatic heterocycles. The summed E-state index contributed by atoms with van der Waals surface area (Å²) in [4.78, 5) is 23.5. The van der Waals surface area contributed by atoms with Gasteiger partial charge in [-0.05, 0) is 0 Å². The van der Waals surface area contributed by atoms with Gasteiger partial charge in [-0.25, -0.2) is 13.6 Å². The van der Waals surface area contributed by atoms with Gasteiger partial charge in [0.25, 0.3) is 12.0 Å². The Morgan fingerprint density at radius 2 is 2.20 bits per heavy atom. The van der Waals surface area contributed by atoms with Crippen molar-refractivity contribution in [2.45, 2.75) is 6.43 Å². The average molecular weight is 214 g/mol. The second-order valence-electron chi connectivity index (χ2n) is 2.54. The fourth-order valence-corrected chi connectivity index (χ4v) is 1.05. The number of carbonyl (C=O) groups is 1. The fourth-order valence-electron chi connectivity index (χ4n) is 1.05. The standard InChI is InChI=1S/C8H4F2N2O3/c9-6(10)4-2-12-7(13)3(1-11)5(4)8(14)15/h2,6H,(H,12,13)(H,14,15). The lowest BCUT2D eigenvalue weighted by Crippen LogP contribution is -2.18. The summed E-state index contributed by atoms with van der Waals surface area (Å²) in [6, 6.07) is 1.28. The lowest BCUT2D eigenvalue weighted by molar-refractivity contribution is 0.0683. The average Bonchev–Trinajstić information content (AvgIpc) is 2.16. The number of carboxylic acids is 1. The van der Waals surface area contributed by atoms with Crippen LogP contribution < -0.4 is 5.56 Å². The molecule has 1 rings (SSSR count). The second kappa shape index (κ2) is 3.88. The number of hydrogen-bond acceptors (Lipinski definition) is 3. The number of pyridine rings is 1. The fraction of sp³-hybridized carbons (Fsp3) is 0.125. The number of alkyl halides is 2. The van der Waals surface area contributed by atoms with Crippen LogP contribution in [0.5, 0.6) is 0 Å². The molecule has 0 bridgehead atoms. The minimum atomic E-state index is -3.07. The third-order valence-electron chi connectivity index (χ3n) is 1.69.